The minimum Gasteiger partial charge on any atom is -0.467 e. The molecule has 2 aromatic rings. The second-order valence-electron chi connectivity index (χ2n) is 9.55. The molecule has 3 heterocycles. The fourth-order valence-electron chi connectivity index (χ4n) is 5.15. The lowest BCUT2D eigenvalue weighted by Gasteiger charge is -2.34. The van der Waals surface area contributed by atoms with Crippen LogP contribution in [0.4, 0.5) is 11.4 Å². The van der Waals surface area contributed by atoms with Gasteiger partial charge in [0.2, 0.25) is 0 Å². The highest BCUT2D eigenvalue weighted by Crippen LogP contribution is 2.26. The van der Waals surface area contributed by atoms with Crippen LogP contribution in [0.3, 0.4) is 0 Å². The quantitative estimate of drug-likeness (QED) is 0.392. The van der Waals surface area contributed by atoms with Crippen LogP contribution in [0.15, 0.2) is 42.5 Å². The molecule has 0 bridgehead atoms. The van der Waals surface area contributed by atoms with E-state index in [9.17, 15) is 24.3 Å². The molecule has 204 valence electrons. The molecule has 12 nitrogen and oxygen atoms in total. The molecule has 0 aromatic heterocycles. The predicted octanol–water partition coefficient (Wildman–Crippen LogP) is 0.624. The standard InChI is InChI=1S/C27H29N5O7/c1-38-27(37)20-6-3-9-32(20)25(35)15-4-2-5-18(13-15)31-10-11-39-22(26(31)36)21(33)24(34)30-17-7-8-19-16(12-17)14-29-23(19)28/h2,4-5,7-8,12-13,20-22,33H,3,6,9-11,14H2,1H3,(H2,28,29)(H,30,34)/t20?,21-,22-/m1/s1. The average Bonchev–Trinajstić information content (AvgIpc) is 3.59. The van der Waals surface area contributed by atoms with Crippen molar-refractivity contribution >= 4 is 40.9 Å². The number of carbonyl (C=O) groups is 4. The first-order valence-corrected chi connectivity index (χ1v) is 12.6. The van der Waals surface area contributed by atoms with Gasteiger partial charge in [0, 0.05) is 42.1 Å². The summed E-state index contributed by atoms with van der Waals surface area (Å²) >= 11 is 0. The molecule has 0 aliphatic carbocycles. The fourth-order valence-corrected chi connectivity index (χ4v) is 5.15. The lowest BCUT2D eigenvalue weighted by atomic mass is 10.1. The summed E-state index contributed by atoms with van der Waals surface area (Å²) in [5.74, 6) is -1.93. The van der Waals surface area contributed by atoms with Gasteiger partial charge in [0.05, 0.1) is 13.7 Å². The van der Waals surface area contributed by atoms with Gasteiger partial charge in [-0.2, -0.15) is 0 Å². The number of amidine groups is 1. The van der Waals surface area contributed by atoms with E-state index in [4.69, 9.17) is 14.9 Å². The monoisotopic (exact) mass is 535 g/mol. The number of fused-ring (bicyclic) bond motifs is 1. The third-order valence-corrected chi connectivity index (χ3v) is 7.17. The second-order valence-corrected chi connectivity index (χ2v) is 9.55. The third-order valence-electron chi connectivity index (χ3n) is 7.17. The molecule has 3 amide bonds. The number of aliphatic hydroxyl groups is 1. The van der Waals surface area contributed by atoms with Gasteiger partial charge in [-0.15, -0.1) is 0 Å². The third kappa shape index (κ3) is 5.08. The van der Waals surface area contributed by atoms with E-state index in [-0.39, 0.29) is 19.1 Å². The lowest BCUT2D eigenvalue weighted by Crippen LogP contribution is -2.55. The van der Waals surface area contributed by atoms with Crippen LogP contribution in [0.25, 0.3) is 0 Å². The Kier molecular flexibility index (Phi) is 7.31. The van der Waals surface area contributed by atoms with Gasteiger partial charge in [-0.05, 0) is 54.8 Å². The SMILES string of the molecule is COC(=O)C1CCCN1C(=O)c1cccc(N2CCO[C@H]([C@@H](O)C(=O)Nc3ccc4c(c3)CNC4=N)C2=O)c1. The molecule has 2 saturated heterocycles. The number of carbonyl (C=O) groups excluding carboxylic acids is 4. The number of methoxy groups -OCH3 is 1. The van der Waals surface area contributed by atoms with E-state index >= 15 is 0 Å². The molecule has 3 aliphatic heterocycles. The normalized spacial score (nSPS) is 21.3. The number of benzene rings is 2. The summed E-state index contributed by atoms with van der Waals surface area (Å²) in [6.07, 6.45) is -2.01. The summed E-state index contributed by atoms with van der Waals surface area (Å²) in [5, 5.41) is 24.1. The number of likely N-dealkylation sites (tertiary alicyclic amines) is 1. The van der Waals surface area contributed by atoms with Crippen LogP contribution < -0.4 is 15.5 Å². The van der Waals surface area contributed by atoms with Crippen LogP contribution >= 0.6 is 0 Å². The van der Waals surface area contributed by atoms with Crippen LogP contribution in [0.1, 0.15) is 34.3 Å². The van der Waals surface area contributed by atoms with E-state index in [1.54, 1.807) is 42.5 Å². The minimum absolute atomic E-state index is 0.0715. The lowest BCUT2D eigenvalue weighted by molar-refractivity contribution is -0.150. The number of nitrogens with one attached hydrogen (secondary N) is 3. The Labute approximate surface area is 224 Å². The van der Waals surface area contributed by atoms with Gasteiger partial charge in [0.1, 0.15) is 11.9 Å². The van der Waals surface area contributed by atoms with Gasteiger partial charge < -0.3 is 35.0 Å². The van der Waals surface area contributed by atoms with Crippen molar-refractivity contribution in [2.45, 2.75) is 37.6 Å². The molecule has 0 saturated carbocycles. The maximum atomic E-state index is 13.3. The summed E-state index contributed by atoms with van der Waals surface area (Å²) in [6.45, 7) is 1.12. The number of nitrogens with zero attached hydrogens (tertiary/aromatic N) is 2. The molecular formula is C27H29N5O7. The first-order valence-electron chi connectivity index (χ1n) is 12.6. The highest BCUT2D eigenvalue weighted by molar-refractivity contribution is 6.05. The van der Waals surface area contributed by atoms with Gasteiger partial charge in [-0.25, -0.2) is 4.79 Å². The van der Waals surface area contributed by atoms with Gasteiger partial charge in [-0.3, -0.25) is 19.8 Å². The first kappa shape index (κ1) is 26.3. The topological polar surface area (TPSA) is 161 Å². The van der Waals surface area contributed by atoms with Crippen molar-refractivity contribution in [2.75, 3.05) is 37.0 Å². The zero-order valence-electron chi connectivity index (χ0n) is 21.3. The Hall–Kier alpha value is -4.29. The maximum absolute atomic E-state index is 13.3. The van der Waals surface area contributed by atoms with Gasteiger partial charge >= 0.3 is 5.97 Å². The molecule has 0 radical (unpaired) electrons. The highest BCUT2D eigenvalue weighted by atomic mass is 16.5. The van der Waals surface area contributed by atoms with Crippen molar-refractivity contribution in [1.29, 1.82) is 5.41 Å². The van der Waals surface area contributed by atoms with Gasteiger partial charge in [0.15, 0.2) is 12.2 Å². The summed E-state index contributed by atoms with van der Waals surface area (Å²) < 4.78 is 10.3. The highest BCUT2D eigenvalue weighted by Gasteiger charge is 2.40. The van der Waals surface area contributed by atoms with Gasteiger partial charge in [-0.1, -0.05) is 6.07 Å². The smallest absolute Gasteiger partial charge is 0.328 e. The average molecular weight is 536 g/mol. The molecule has 12 heteroatoms. The van der Waals surface area contributed by atoms with E-state index < -0.39 is 36.0 Å². The maximum Gasteiger partial charge on any atom is 0.328 e. The zero-order chi connectivity index (χ0) is 27.7. The molecule has 1 unspecified atom stereocenters. The molecular weight excluding hydrogens is 506 g/mol. The number of ether oxygens (including phenoxy) is 2. The molecule has 0 spiro atoms. The predicted molar refractivity (Wildman–Crippen MR) is 139 cm³/mol. The van der Waals surface area contributed by atoms with Gasteiger partial charge in [0.25, 0.3) is 17.7 Å². The second kappa shape index (κ2) is 10.8. The molecule has 2 fully saturated rings. The molecule has 3 aliphatic rings. The van der Waals surface area contributed by atoms with E-state index in [0.717, 1.165) is 11.1 Å². The number of amides is 3. The number of aliphatic hydroxyl groups excluding tert-OH is 1. The number of esters is 1. The molecule has 3 atom stereocenters. The molecule has 5 rings (SSSR count). The van der Waals surface area contributed by atoms with Crippen LogP contribution in [-0.4, -0.2) is 84.6 Å². The fraction of sp³-hybridized carbons (Fsp3) is 0.370. The van der Waals surface area contributed by atoms with Crippen molar-refractivity contribution in [2.24, 2.45) is 0 Å². The Bertz CT molecular complexity index is 1350. The number of rotatable bonds is 6. The summed E-state index contributed by atoms with van der Waals surface area (Å²) in [6, 6.07) is 10.8. The number of morpholine rings is 1. The van der Waals surface area contributed by atoms with E-state index in [1.165, 1.54) is 16.9 Å². The summed E-state index contributed by atoms with van der Waals surface area (Å²) in [7, 11) is 1.29. The van der Waals surface area contributed by atoms with Crippen LogP contribution in [0, 0.1) is 5.41 Å². The van der Waals surface area contributed by atoms with Crippen LogP contribution in [0.5, 0.6) is 0 Å². The molecule has 39 heavy (non-hydrogen) atoms. The van der Waals surface area contributed by atoms with Crippen molar-refractivity contribution in [3.8, 4) is 0 Å². The number of hydrogen-bond acceptors (Lipinski definition) is 8. The van der Waals surface area contributed by atoms with E-state index in [2.05, 4.69) is 10.6 Å². The largest absolute Gasteiger partial charge is 0.467 e. The van der Waals surface area contributed by atoms with Crippen molar-refractivity contribution in [3.63, 3.8) is 0 Å². The summed E-state index contributed by atoms with van der Waals surface area (Å²) in [5.41, 5.74) is 2.71. The Morgan fingerprint density at radius 1 is 1.21 bits per heavy atom. The van der Waals surface area contributed by atoms with E-state index in [0.29, 0.717) is 48.7 Å². The summed E-state index contributed by atoms with van der Waals surface area (Å²) in [4.78, 5) is 54.3. The van der Waals surface area contributed by atoms with Crippen LogP contribution in [-0.2, 0) is 30.4 Å². The minimum atomic E-state index is -1.78. The van der Waals surface area contributed by atoms with Crippen molar-refractivity contribution in [1.82, 2.24) is 10.2 Å². The Morgan fingerprint density at radius 2 is 2.03 bits per heavy atom. The van der Waals surface area contributed by atoms with Crippen LogP contribution in [0.2, 0.25) is 0 Å². The first-order chi connectivity index (χ1) is 18.8. The Balaban J connectivity index is 1.28. The molecule has 2 aromatic carbocycles. The van der Waals surface area contributed by atoms with Crippen molar-refractivity contribution < 1.29 is 33.8 Å². The number of hydrogen-bond donors (Lipinski definition) is 4. The molecule has 4 N–H and O–H groups in total. The van der Waals surface area contributed by atoms with Crippen molar-refractivity contribution in [3.05, 3.63) is 59.2 Å². The Morgan fingerprint density at radius 3 is 2.82 bits per heavy atom. The number of anilines is 2. The van der Waals surface area contributed by atoms with E-state index in [1.807, 2.05) is 0 Å². The zero-order valence-corrected chi connectivity index (χ0v) is 21.3.